The lowest BCUT2D eigenvalue weighted by Gasteiger charge is -2.26. The first-order chi connectivity index (χ1) is 11.2. The smallest absolute Gasteiger partial charge is 0.305 e. The number of piperidine rings is 1. The van der Waals surface area contributed by atoms with Crippen molar-refractivity contribution in [1.29, 1.82) is 0 Å². The van der Waals surface area contributed by atoms with Gasteiger partial charge in [-0.15, -0.1) is 0 Å². The molecule has 0 aliphatic carbocycles. The number of esters is 1. The van der Waals surface area contributed by atoms with E-state index >= 15 is 0 Å². The standard InChI is InChI=1S/C19H35NO3/c1-2-3-4-5-6-12-17-23-19(22)14-9-8-13-18(21)20-15-10-7-11-16-20/h2-17H2,1H3. The third kappa shape index (κ3) is 10.4. The normalized spacial score (nSPS) is 14.7. The van der Waals surface area contributed by atoms with E-state index in [0.717, 1.165) is 51.6 Å². The second kappa shape index (κ2) is 13.4. The number of likely N-dealkylation sites (tertiary alicyclic amines) is 1. The molecule has 4 nitrogen and oxygen atoms in total. The van der Waals surface area contributed by atoms with E-state index in [-0.39, 0.29) is 11.9 Å². The van der Waals surface area contributed by atoms with E-state index in [1.807, 2.05) is 4.90 Å². The first-order valence-corrected chi connectivity index (χ1v) is 9.67. The molecule has 0 unspecified atom stereocenters. The first kappa shape index (κ1) is 20.0. The molecule has 0 aromatic carbocycles. The van der Waals surface area contributed by atoms with Gasteiger partial charge in [0.05, 0.1) is 6.61 Å². The van der Waals surface area contributed by atoms with Crippen molar-refractivity contribution < 1.29 is 14.3 Å². The monoisotopic (exact) mass is 325 g/mol. The predicted octanol–water partition coefficient (Wildman–Crippen LogP) is 4.46. The predicted molar refractivity (Wildman–Crippen MR) is 93.2 cm³/mol. The van der Waals surface area contributed by atoms with Crippen LogP contribution in [0.25, 0.3) is 0 Å². The molecule has 23 heavy (non-hydrogen) atoms. The topological polar surface area (TPSA) is 46.6 Å². The Morgan fingerprint density at radius 2 is 1.48 bits per heavy atom. The summed E-state index contributed by atoms with van der Waals surface area (Å²) in [5.41, 5.74) is 0. The van der Waals surface area contributed by atoms with Crippen LogP contribution in [0.1, 0.15) is 90.4 Å². The molecule has 0 bridgehead atoms. The van der Waals surface area contributed by atoms with Crippen molar-refractivity contribution in [3.8, 4) is 0 Å². The van der Waals surface area contributed by atoms with Crippen molar-refractivity contribution >= 4 is 11.9 Å². The zero-order valence-corrected chi connectivity index (χ0v) is 15.0. The lowest BCUT2D eigenvalue weighted by atomic mass is 10.1. The molecule has 4 heteroatoms. The molecule has 1 aliphatic rings. The Hall–Kier alpha value is -1.06. The summed E-state index contributed by atoms with van der Waals surface area (Å²) in [7, 11) is 0. The molecule has 0 N–H and O–H groups in total. The van der Waals surface area contributed by atoms with Gasteiger partial charge in [-0.2, -0.15) is 0 Å². The van der Waals surface area contributed by atoms with Crippen molar-refractivity contribution in [3.05, 3.63) is 0 Å². The van der Waals surface area contributed by atoms with Gasteiger partial charge in [0.1, 0.15) is 0 Å². The second-order valence-corrected chi connectivity index (χ2v) is 6.64. The molecule has 1 rings (SSSR count). The van der Waals surface area contributed by atoms with E-state index in [4.69, 9.17) is 4.74 Å². The van der Waals surface area contributed by atoms with Crippen molar-refractivity contribution in [1.82, 2.24) is 4.90 Å². The highest BCUT2D eigenvalue weighted by Crippen LogP contribution is 2.12. The van der Waals surface area contributed by atoms with E-state index in [0.29, 0.717) is 19.4 Å². The van der Waals surface area contributed by atoms with E-state index < -0.39 is 0 Å². The molecule has 134 valence electrons. The lowest BCUT2D eigenvalue weighted by molar-refractivity contribution is -0.144. The van der Waals surface area contributed by atoms with Crippen molar-refractivity contribution in [2.75, 3.05) is 19.7 Å². The third-order valence-corrected chi connectivity index (χ3v) is 4.49. The van der Waals surface area contributed by atoms with E-state index in [1.165, 1.54) is 32.1 Å². The summed E-state index contributed by atoms with van der Waals surface area (Å²) in [6.45, 7) is 4.60. The van der Waals surface area contributed by atoms with Gasteiger partial charge >= 0.3 is 5.97 Å². The Balaban J connectivity index is 1.90. The highest BCUT2D eigenvalue weighted by Gasteiger charge is 2.15. The number of carbonyl (C=O) groups is 2. The van der Waals surface area contributed by atoms with Gasteiger partial charge in [0, 0.05) is 25.9 Å². The molecule has 1 heterocycles. The van der Waals surface area contributed by atoms with Crippen molar-refractivity contribution in [2.24, 2.45) is 0 Å². The van der Waals surface area contributed by atoms with Gasteiger partial charge in [0.2, 0.25) is 5.91 Å². The van der Waals surface area contributed by atoms with Gasteiger partial charge in [-0.3, -0.25) is 9.59 Å². The number of hydrogen-bond acceptors (Lipinski definition) is 3. The summed E-state index contributed by atoms with van der Waals surface area (Å²) < 4.78 is 5.24. The fourth-order valence-electron chi connectivity index (χ4n) is 2.99. The number of rotatable bonds is 12. The van der Waals surface area contributed by atoms with Gasteiger partial charge in [0.15, 0.2) is 0 Å². The van der Waals surface area contributed by atoms with Crippen molar-refractivity contribution in [3.63, 3.8) is 0 Å². The Kier molecular flexibility index (Phi) is 11.6. The number of ether oxygens (including phenoxy) is 1. The van der Waals surface area contributed by atoms with E-state index in [2.05, 4.69) is 6.92 Å². The van der Waals surface area contributed by atoms with Crippen LogP contribution in [-0.2, 0) is 14.3 Å². The third-order valence-electron chi connectivity index (χ3n) is 4.49. The number of carbonyl (C=O) groups excluding carboxylic acids is 2. The molecule has 0 spiro atoms. The average Bonchev–Trinajstić information content (AvgIpc) is 2.58. The van der Waals surface area contributed by atoms with Crippen LogP contribution in [0.15, 0.2) is 0 Å². The van der Waals surface area contributed by atoms with Crippen LogP contribution in [0, 0.1) is 0 Å². The minimum atomic E-state index is -0.107. The Bertz CT molecular complexity index is 325. The van der Waals surface area contributed by atoms with Crippen LogP contribution < -0.4 is 0 Å². The van der Waals surface area contributed by atoms with Gasteiger partial charge in [-0.25, -0.2) is 0 Å². The van der Waals surface area contributed by atoms with Gasteiger partial charge in [-0.1, -0.05) is 39.0 Å². The SMILES string of the molecule is CCCCCCCCOC(=O)CCCCC(=O)N1CCCCC1. The number of nitrogens with zero attached hydrogens (tertiary/aromatic N) is 1. The van der Waals surface area contributed by atoms with Crippen molar-refractivity contribution in [2.45, 2.75) is 90.4 Å². The summed E-state index contributed by atoms with van der Waals surface area (Å²) in [6.07, 6.45) is 13.3. The maximum atomic E-state index is 12.0. The quantitative estimate of drug-likeness (QED) is 0.393. The Morgan fingerprint density at radius 3 is 2.22 bits per heavy atom. The van der Waals surface area contributed by atoms with Gasteiger partial charge in [-0.05, 0) is 38.5 Å². The summed E-state index contributed by atoms with van der Waals surface area (Å²) in [4.78, 5) is 25.6. The molecule has 1 aliphatic heterocycles. The maximum absolute atomic E-state index is 12.0. The van der Waals surface area contributed by atoms with Crippen LogP contribution in [0.3, 0.4) is 0 Å². The largest absolute Gasteiger partial charge is 0.466 e. The fraction of sp³-hybridized carbons (Fsp3) is 0.895. The Morgan fingerprint density at radius 1 is 0.826 bits per heavy atom. The molecule has 0 radical (unpaired) electrons. The highest BCUT2D eigenvalue weighted by molar-refractivity contribution is 5.76. The number of amides is 1. The second-order valence-electron chi connectivity index (χ2n) is 6.64. The Labute approximate surface area is 141 Å². The molecule has 0 aromatic rings. The summed E-state index contributed by atoms with van der Waals surface area (Å²) in [5, 5.41) is 0. The minimum absolute atomic E-state index is 0.107. The molecular weight excluding hydrogens is 290 g/mol. The van der Waals surface area contributed by atoms with Gasteiger partial charge in [0.25, 0.3) is 0 Å². The molecule has 1 fully saturated rings. The molecule has 0 saturated carbocycles. The van der Waals surface area contributed by atoms with Crippen LogP contribution in [0.4, 0.5) is 0 Å². The average molecular weight is 325 g/mol. The summed E-state index contributed by atoms with van der Waals surface area (Å²) in [5.74, 6) is 0.147. The summed E-state index contributed by atoms with van der Waals surface area (Å²) >= 11 is 0. The molecular formula is C19H35NO3. The number of hydrogen-bond donors (Lipinski definition) is 0. The zero-order chi connectivity index (χ0) is 16.8. The molecule has 0 aromatic heterocycles. The molecule has 1 amide bonds. The maximum Gasteiger partial charge on any atom is 0.305 e. The lowest BCUT2D eigenvalue weighted by Crippen LogP contribution is -2.35. The van der Waals surface area contributed by atoms with Crippen LogP contribution in [0.2, 0.25) is 0 Å². The molecule has 0 atom stereocenters. The summed E-state index contributed by atoms with van der Waals surface area (Å²) in [6, 6.07) is 0. The number of unbranched alkanes of at least 4 members (excludes halogenated alkanes) is 6. The van der Waals surface area contributed by atoms with Crippen LogP contribution in [0.5, 0.6) is 0 Å². The molecule has 1 saturated heterocycles. The van der Waals surface area contributed by atoms with Gasteiger partial charge < -0.3 is 9.64 Å². The highest BCUT2D eigenvalue weighted by atomic mass is 16.5. The van der Waals surface area contributed by atoms with Crippen LogP contribution in [-0.4, -0.2) is 36.5 Å². The van der Waals surface area contributed by atoms with Crippen LogP contribution >= 0.6 is 0 Å². The first-order valence-electron chi connectivity index (χ1n) is 9.67. The van der Waals surface area contributed by atoms with E-state index in [1.54, 1.807) is 0 Å². The minimum Gasteiger partial charge on any atom is -0.466 e. The zero-order valence-electron chi connectivity index (χ0n) is 15.0. The fourth-order valence-corrected chi connectivity index (χ4v) is 2.99. The van der Waals surface area contributed by atoms with E-state index in [9.17, 15) is 9.59 Å².